The molecule has 1 N–H and O–H groups in total. The lowest BCUT2D eigenvalue weighted by Gasteiger charge is -2.43. The van der Waals surface area contributed by atoms with Gasteiger partial charge in [0, 0.05) is 12.2 Å². The molecule has 0 radical (unpaired) electrons. The molecule has 1 saturated heterocycles. The quantitative estimate of drug-likeness (QED) is 0.624. The third kappa shape index (κ3) is 3.19. The van der Waals surface area contributed by atoms with Crippen LogP contribution in [0.15, 0.2) is 78.9 Å². The summed E-state index contributed by atoms with van der Waals surface area (Å²) >= 11 is 0. The fourth-order valence-corrected chi connectivity index (χ4v) is 5.09. The van der Waals surface area contributed by atoms with E-state index in [1.807, 2.05) is 12.1 Å². The number of hydrogen-bond acceptors (Lipinski definition) is 2. The number of nitrogens with one attached hydrogen (secondary N) is 1. The second-order valence-corrected chi connectivity index (χ2v) is 8.62. The minimum absolute atomic E-state index is 0.153. The summed E-state index contributed by atoms with van der Waals surface area (Å²) in [6, 6.07) is 27.5. The Balaban J connectivity index is 1.57. The van der Waals surface area contributed by atoms with Crippen LogP contribution in [0.4, 0.5) is 5.69 Å². The van der Waals surface area contributed by atoms with Crippen molar-refractivity contribution in [1.29, 1.82) is 0 Å². The molecule has 3 heteroatoms. The van der Waals surface area contributed by atoms with Crippen molar-refractivity contribution in [2.45, 2.75) is 44.2 Å². The smallest absolute Gasteiger partial charge is 0.253 e. The minimum atomic E-state index is -0.723. The van der Waals surface area contributed by atoms with Gasteiger partial charge in [0.1, 0.15) is 5.54 Å². The maximum Gasteiger partial charge on any atom is 0.253 e. The van der Waals surface area contributed by atoms with Crippen LogP contribution in [-0.2, 0) is 16.8 Å². The van der Waals surface area contributed by atoms with Crippen molar-refractivity contribution in [3.05, 3.63) is 101 Å². The summed E-state index contributed by atoms with van der Waals surface area (Å²) in [5.74, 6) is 0.201. The minimum Gasteiger partial charge on any atom is -0.367 e. The highest BCUT2D eigenvalue weighted by Crippen LogP contribution is 2.42. The summed E-state index contributed by atoms with van der Waals surface area (Å²) in [5, 5.41) is 3.70. The first-order valence-corrected chi connectivity index (χ1v) is 11.0. The molecule has 0 spiro atoms. The van der Waals surface area contributed by atoms with E-state index < -0.39 is 5.54 Å². The van der Waals surface area contributed by atoms with Crippen LogP contribution >= 0.6 is 0 Å². The van der Waals surface area contributed by atoms with Crippen molar-refractivity contribution in [3.8, 4) is 0 Å². The SMILES string of the molecule is Cc1ccc(C2(C(=O)N3CCCC3c3ccccc3)CCc3ccccc3N2)cc1. The van der Waals surface area contributed by atoms with Gasteiger partial charge in [0.05, 0.1) is 6.04 Å². The van der Waals surface area contributed by atoms with E-state index in [1.165, 1.54) is 16.7 Å². The Morgan fingerprint density at radius 1 is 0.967 bits per heavy atom. The number of likely N-dealkylation sites (tertiary alicyclic amines) is 1. The Labute approximate surface area is 178 Å². The van der Waals surface area contributed by atoms with Gasteiger partial charge in [-0.2, -0.15) is 0 Å². The lowest BCUT2D eigenvalue weighted by atomic mass is 9.79. The number of amides is 1. The average Bonchev–Trinajstić information content (AvgIpc) is 3.29. The van der Waals surface area contributed by atoms with Crippen LogP contribution in [0.5, 0.6) is 0 Å². The maximum absolute atomic E-state index is 14.3. The van der Waals surface area contributed by atoms with Crippen LogP contribution in [0.2, 0.25) is 0 Å². The largest absolute Gasteiger partial charge is 0.367 e. The van der Waals surface area contributed by atoms with E-state index in [0.717, 1.165) is 43.5 Å². The summed E-state index contributed by atoms with van der Waals surface area (Å²) in [7, 11) is 0. The standard InChI is InChI=1S/C27H28N2O/c1-20-13-15-23(16-14-20)27(18-17-21-8-5-6-11-24(21)28-27)26(30)29-19-7-12-25(29)22-9-3-2-4-10-22/h2-6,8-11,13-16,25,28H,7,12,17-19H2,1H3. The van der Waals surface area contributed by atoms with Crippen LogP contribution in [0.25, 0.3) is 0 Å². The summed E-state index contributed by atoms with van der Waals surface area (Å²) < 4.78 is 0. The molecule has 2 aliphatic heterocycles. The molecule has 3 aromatic rings. The summed E-state index contributed by atoms with van der Waals surface area (Å²) in [6.07, 6.45) is 3.73. The number of hydrogen-bond donors (Lipinski definition) is 1. The van der Waals surface area contributed by atoms with Gasteiger partial charge >= 0.3 is 0 Å². The molecule has 0 bridgehead atoms. The first-order valence-electron chi connectivity index (χ1n) is 11.0. The van der Waals surface area contributed by atoms with Crippen LogP contribution in [0.3, 0.4) is 0 Å². The van der Waals surface area contributed by atoms with E-state index in [4.69, 9.17) is 0 Å². The molecular weight excluding hydrogens is 368 g/mol. The molecule has 3 aromatic carbocycles. The second kappa shape index (κ2) is 7.64. The van der Waals surface area contributed by atoms with E-state index in [1.54, 1.807) is 0 Å². The molecule has 1 fully saturated rings. The van der Waals surface area contributed by atoms with E-state index >= 15 is 0 Å². The molecule has 3 nitrogen and oxygen atoms in total. The zero-order valence-electron chi connectivity index (χ0n) is 17.5. The Kier molecular flexibility index (Phi) is 4.82. The molecule has 0 aromatic heterocycles. The van der Waals surface area contributed by atoms with E-state index in [-0.39, 0.29) is 11.9 Å². The highest BCUT2D eigenvalue weighted by atomic mass is 16.2. The molecule has 152 valence electrons. The Morgan fingerprint density at radius 3 is 2.50 bits per heavy atom. The van der Waals surface area contributed by atoms with Gasteiger partial charge in [-0.05, 0) is 55.4 Å². The fraction of sp³-hybridized carbons (Fsp3) is 0.296. The van der Waals surface area contributed by atoms with Gasteiger partial charge in [0.2, 0.25) is 0 Å². The molecule has 2 atom stereocenters. The summed E-state index contributed by atoms with van der Waals surface area (Å²) in [6.45, 7) is 2.91. The van der Waals surface area contributed by atoms with Crippen molar-refractivity contribution in [2.75, 3.05) is 11.9 Å². The molecular formula is C27H28N2O. The van der Waals surface area contributed by atoms with Gasteiger partial charge in [-0.1, -0.05) is 78.4 Å². The predicted octanol–water partition coefficient (Wildman–Crippen LogP) is 5.61. The average molecular weight is 397 g/mol. The zero-order valence-corrected chi connectivity index (χ0v) is 17.5. The van der Waals surface area contributed by atoms with Gasteiger partial charge in [-0.15, -0.1) is 0 Å². The number of anilines is 1. The van der Waals surface area contributed by atoms with Crippen LogP contribution < -0.4 is 5.32 Å². The van der Waals surface area contributed by atoms with E-state index in [2.05, 4.69) is 83.9 Å². The van der Waals surface area contributed by atoms with Crippen molar-refractivity contribution < 1.29 is 4.79 Å². The highest BCUT2D eigenvalue weighted by molar-refractivity contribution is 5.92. The van der Waals surface area contributed by atoms with Gasteiger partial charge in [-0.25, -0.2) is 0 Å². The molecule has 2 unspecified atom stereocenters. The van der Waals surface area contributed by atoms with Crippen molar-refractivity contribution in [1.82, 2.24) is 4.90 Å². The van der Waals surface area contributed by atoms with Gasteiger partial charge in [0.15, 0.2) is 0 Å². The van der Waals surface area contributed by atoms with Gasteiger partial charge < -0.3 is 10.2 Å². The zero-order chi connectivity index (χ0) is 20.6. The third-order valence-corrected chi connectivity index (χ3v) is 6.74. The van der Waals surface area contributed by atoms with E-state index in [9.17, 15) is 4.79 Å². The lowest BCUT2D eigenvalue weighted by Crippen LogP contribution is -2.53. The Bertz CT molecular complexity index is 1040. The fourth-order valence-electron chi connectivity index (χ4n) is 5.09. The summed E-state index contributed by atoms with van der Waals surface area (Å²) in [5.41, 5.74) is 5.15. The number of benzene rings is 3. The molecule has 2 aliphatic rings. The first-order chi connectivity index (χ1) is 14.7. The summed E-state index contributed by atoms with van der Waals surface area (Å²) in [4.78, 5) is 16.4. The van der Waals surface area contributed by atoms with Crippen LogP contribution in [0, 0.1) is 6.92 Å². The number of carbonyl (C=O) groups is 1. The van der Waals surface area contributed by atoms with Gasteiger partial charge in [-0.3, -0.25) is 4.79 Å². The monoisotopic (exact) mass is 396 g/mol. The second-order valence-electron chi connectivity index (χ2n) is 8.62. The first kappa shape index (κ1) is 18.9. The normalized spacial score (nSPS) is 23.0. The predicted molar refractivity (Wildman–Crippen MR) is 121 cm³/mol. The molecule has 0 saturated carbocycles. The molecule has 5 rings (SSSR count). The number of fused-ring (bicyclic) bond motifs is 1. The number of nitrogens with zero attached hydrogens (tertiary/aromatic N) is 1. The Hall–Kier alpha value is -3.07. The molecule has 30 heavy (non-hydrogen) atoms. The number of carbonyl (C=O) groups excluding carboxylic acids is 1. The van der Waals surface area contributed by atoms with Crippen molar-refractivity contribution in [3.63, 3.8) is 0 Å². The Morgan fingerprint density at radius 2 is 1.70 bits per heavy atom. The highest BCUT2D eigenvalue weighted by Gasteiger charge is 2.47. The lowest BCUT2D eigenvalue weighted by molar-refractivity contribution is -0.137. The third-order valence-electron chi connectivity index (χ3n) is 6.74. The van der Waals surface area contributed by atoms with E-state index in [0.29, 0.717) is 0 Å². The van der Waals surface area contributed by atoms with Crippen molar-refractivity contribution >= 4 is 11.6 Å². The number of para-hydroxylation sites is 1. The molecule has 1 amide bonds. The number of rotatable bonds is 3. The maximum atomic E-state index is 14.3. The molecule has 0 aliphatic carbocycles. The van der Waals surface area contributed by atoms with Crippen LogP contribution in [0.1, 0.15) is 47.6 Å². The van der Waals surface area contributed by atoms with Crippen molar-refractivity contribution in [2.24, 2.45) is 0 Å². The number of aryl methyl sites for hydroxylation is 2. The molecule has 2 heterocycles. The topological polar surface area (TPSA) is 32.3 Å². The van der Waals surface area contributed by atoms with Crippen LogP contribution in [-0.4, -0.2) is 17.4 Å². The van der Waals surface area contributed by atoms with Gasteiger partial charge in [0.25, 0.3) is 5.91 Å².